The summed E-state index contributed by atoms with van der Waals surface area (Å²) in [7, 11) is 0. The largest absolute Gasteiger partial charge is 0.308 e. The van der Waals surface area contributed by atoms with Crippen LogP contribution in [0.15, 0.2) is 67.0 Å². The molecule has 5 heteroatoms. The average molecular weight is 399 g/mol. The molecule has 0 radical (unpaired) electrons. The lowest BCUT2D eigenvalue weighted by molar-refractivity contribution is 1.11. The Bertz CT molecular complexity index is 1500. The highest BCUT2D eigenvalue weighted by molar-refractivity contribution is 6.09. The Hall–Kier alpha value is -4.48. The highest BCUT2D eigenvalue weighted by Crippen LogP contribution is 2.35. The van der Waals surface area contributed by atoms with Crippen molar-refractivity contribution in [3.63, 3.8) is 0 Å². The molecule has 0 saturated heterocycles. The van der Waals surface area contributed by atoms with Gasteiger partial charge >= 0.3 is 0 Å². The fourth-order valence-corrected chi connectivity index (χ4v) is 4.03. The van der Waals surface area contributed by atoms with E-state index in [1.807, 2.05) is 24.3 Å². The molecule has 0 fully saturated rings. The smallest absolute Gasteiger partial charge is 0.232 e. The predicted octanol–water partition coefficient (Wildman–Crippen LogP) is 5.60. The Labute approximate surface area is 179 Å². The summed E-state index contributed by atoms with van der Waals surface area (Å²) in [4.78, 5) is 8.08. The first-order valence-corrected chi connectivity index (χ1v) is 9.87. The zero-order valence-electron chi connectivity index (χ0n) is 17.1. The second-order valence-corrected chi connectivity index (χ2v) is 7.63. The van der Waals surface area contributed by atoms with Crippen LogP contribution in [0, 0.1) is 36.5 Å². The third kappa shape index (κ3) is 3.01. The molecule has 3 aromatic carbocycles. The van der Waals surface area contributed by atoms with E-state index in [2.05, 4.69) is 70.8 Å². The highest BCUT2D eigenvalue weighted by Gasteiger charge is 2.16. The fraction of sp³-hybridized carbons (Fsp3) is 0.0769. The minimum absolute atomic E-state index is 0.122. The molecule has 5 rings (SSSR count). The van der Waals surface area contributed by atoms with E-state index in [1.54, 1.807) is 12.4 Å². The lowest BCUT2D eigenvalue weighted by Gasteiger charge is -2.12. The zero-order valence-corrected chi connectivity index (χ0v) is 17.1. The molecule has 146 valence electrons. The quantitative estimate of drug-likeness (QED) is 0.387. The number of rotatable bonds is 2. The van der Waals surface area contributed by atoms with Crippen LogP contribution in [-0.2, 0) is 0 Å². The van der Waals surface area contributed by atoms with Gasteiger partial charge in [0.1, 0.15) is 12.1 Å². The van der Waals surface area contributed by atoms with Crippen LogP contribution in [0.2, 0.25) is 0 Å². The molecule has 0 saturated carbocycles. The maximum Gasteiger partial charge on any atom is 0.232 e. The summed E-state index contributed by atoms with van der Waals surface area (Å²) in [5.41, 5.74) is 7.46. The zero-order chi connectivity index (χ0) is 21.5. The number of nitrogens with zero attached hydrogens (tertiary/aromatic N) is 5. The van der Waals surface area contributed by atoms with Gasteiger partial charge in [-0.05, 0) is 54.8 Å². The number of fused-ring (bicyclic) bond motifs is 3. The number of hydrogen-bond acceptors (Lipinski definition) is 4. The van der Waals surface area contributed by atoms with Crippen molar-refractivity contribution < 1.29 is 0 Å². The highest BCUT2D eigenvalue weighted by atomic mass is 15.0. The topological polar surface area (TPSA) is 78.3 Å². The molecular weight excluding hydrogens is 382 g/mol. The van der Waals surface area contributed by atoms with Gasteiger partial charge in [-0.15, -0.1) is 0 Å². The van der Waals surface area contributed by atoms with Gasteiger partial charge in [0, 0.05) is 28.7 Å². The molecule has 2 aromatic heterocycles. The standard InChI is InChI=1S/C26H17N5/c1-16-3-6-21-22-7-4-17(2)10-25(22)31(24(21)9-16)23-8-5-18(11-19(23)12-27)20-14-29-26(13-28)30-15-20/h3-11,14-15H,1-2H3. The number of nitriles is 2. The van der Waals surface area contributed by atoms with Crippen molar-refractivity contribution in [3.05, 3.63) is 89.5 Å². The van der Waals surface area contributed by atoms with Crippen LogP contribution >= 0.6 is 0 Å². The van der Waals surface area contributed by atoms with Crippen molar-refractivity contribution in [1.82, 2.24) is 14.5 Å². The molecule has 0 aliphatic rings. The van der Waals surface area contributed by atoms with E-state index in [-0.39, 0.29) is 5.82 Å². The van der Waals surface area contributed by atoms with Crippen LogP contribution in [-0.4, -0.2) is 14.5 Å². The Morgan fingerprint density at radius 2 is 1.32 bits per heavy atom. The van der Waals surface area contributed by atoms with Crippen LogP contribution in [0.25, 0.3) is 38.6 Å². The van der Waals surface area contributed by atoms with Gasteiger partial charge in [0.2, 0.25) is 5.82 Å². The second kappa shape index (κ2) is 7.09. The molecular formula is C26H17N5. The molecule has 0 atom stereocenters. The van der Waals surface area contributed by atoms with E-state index in [4.69, 9.17) is 5.26 Å². The molecule has 0 unspecified atom stereocenters. The van der Waals surface area contributed by atoms with Gasteiger partial charge in [-0.1, -0.05) is 30.3 Å². The van der Waals surface area contributed by atoms with Gasteiger partial charge in [-0.3, -0.25) is 0 Å². The number of aryl methyl sites for hydroxylation is 2. The summed E-state index contributed by atoms with van der Waals surface area (Å²) in [5, 5.41) is 21.2. The van der Waals surface area contributed by atoms with Crippen LogP contribution in [0.3, 0.4) is 0 Å². The molecule has 5 aromatic rings. The van der Waals surface area contributed by atoms with Gasteiger partial charge in [-0.2, -0.15) is 10.5 Å². The first kappa shape index (κ1) is 18.5. The van der Waals surface area contributed by atoms with Crippen LogP contribution in [0.5, 0.6) is 0 Å². The number of benzene rings is 3. The summed E-state index contributed by atoms with van der Waals surface area (Å²) in [6.07, 6.45) is 3.21. The summed E-state index contributed by atoms with van der Waals surface area (Å²) < 4.78 is 2.17. The first-order chi connectivity index (χ1) is 15.1. The lowest BCUT2D eigenvalue weighted by atomic mass is 10.0. The van der Waals surface area contributed by atoms with Crippen molar-refractivity contribution in [1.29, 1.82) is 10.5 Å². The van der Waals surface area contributed by atoms with Gasteiger partial charge in [0.15, 0.2) is 0 Å². The normalized spacial score (nSPS) is 10.8. The summed E-state index contributed by atoms with van der Waals surface area (Å²) >= 11 is 0. The third-order valence-electron chi connectivity index (χ3n) is 5.52. The van der Waals surface area contributed by atoms with Gasteiger partial charge < -0.3 is 4.57 Å². The number of aromatic nitrogens is 3. The lowest BCUT2D eigenvalue weighted by Crippen LogP contribution is -1.99. The molecule has 0 amide bonds. The average Bonchev–Trinajstić information content (AvgIpc) is 3.10. The maximum absolute atomic E-state index is 9.99. The van der Waals surface area contributed by atoms with Crippen molar-refractivity contribution in [3.8, 4) is 29.0 Å². The molecule has 0 aliphatic carbocycles. The molecule has 0 spiro atoms. The maximum atomic E-state index is 9.99. The van der Waals surface area contributed by atoms with E-state index >= 15 is 0 Å². The third-order valence-corrected chi connectivity index (χ3v) is 5.52. The Kier molecular flexibility index (Phi) is 4.24. The summed E-state index contributed by atoms with van der Waals surface area (Å²) in [6, 6.07) is 22.9. The van der Waals surface area contributed by atoms with E-state index in [0.29, 0.717) is 5.56 Å². The molecule has 0 aliphatic heterocycles. The monoisotopic (exact) mass is 399 g/mol. The molecule has 0 bridgehead atoms. The van der Waals surface area contributed by atoms with Crippen molar-refractivity contribution >= 4 is 21.8 Å². The Balaban J connectivity index is 1.78. The van der Waals surface area contributed by atoms with Gasteiger partial charge in [-0.25, -0.2) is 9.97 Å². The number of hydrogen-bond donors (Lipinski definition) is 0. The van der Waals surface area contributed by atoms with E-state index in [1.165, 1.54) is 0 Å². The van der Waals surface area contributed by atoms with Crippen molar-refractivity contribution in [2.24, 2.45) is 0 Å². The molecule has 31 heavy (non-hydrogen) atoms. The minimum atomic E-state index is 0.122. The van der Waals surface area contributed by atoms with Crippen molar-refractivity contribution in [2.75, 3.05) is 0 Å². The Morgan fingerprint density at radius 1 is 0.710 bits per heavy atom. The van der Waals surface area contributed by atoms with Crippen LogP contribution in [0.1, 0.15) is 22.5 Å². The Morgan fingerprint density at radius 3 is 1.87 bits per heavy atom. The van der Waals surface area contributed by atoms with E-state index in [0.717, 1.165) is 49.7 Å². The molecule has 0 N–H and O–H groups in total. The van der Waals surface area contributed by atoms with Crippen LogP contribution in [0.4, 0.5) is 0 Å². The van der Waals surface area contributed by atoms with E-state index in [9.17, 15) is 5.26 Å². The van der Waals surface area contributed by atoms with Gasteiger partial charge in [0.05, 0.1) is 22.3 Å². The second-order valence-electron chi connectivity index (χ2n) is 7.63. The van der Waals surface area contributed by atoms with Crippen molar-refractivity contribution in [2.45, 2.75) is 13.8 Å². The molecule has 5 nitrogen and oxygen atoms in total. The predicted molar refractivity (Wildman–Crippen MR) is 121 cm³/mol. The van der Waals surface area contributed by atoms with Crippen LogP contribution < -0.4 is 0 Å². The SMILES string of the molecule is Cc1ccc2c3ccc(C)cc3n(-c3ccc(-c4cnc(C#N)nc4)cc3C#N)c2c1. The first-order valence-electron chi connectivity index (χ1n) is 9.87. The fourth-order valence-electron chi connectivity index (χ4n) is 4.03. The van der Waals surface area contributed by atoms with E-state index < -0.39 is 0 Å². The summed E-state index contributed by atoms with van der Waals surface area (Å²) in [5.74, 6) is 0.122. The molecule has 2 heterocycles. The van der Waals surface area contributed by atoms with Gasteiger partial charge in [0.25, 0.3) is 0 Å². The summed E-state index contributed by atoms with van der Waals surface area (Å²) in [6.45, 7) is 4.15. The minimum Gasteiger partial charge on any atom is -0.308 e.